The number of hydrogen-bond acceptors (Lipinski definition) is 3. The van der Waals surface area contributed by atoms with Gasteiger partial charge in [0.2, 0.25) is 5.91 Å². The molecular weight excluding hydrogens is 324 g/mol. The molecule has 1 saturated carbocycles. The largest absolute Gasteiger partial charge is 0.330 e. The van der Waals surface area contributed by atoms with Crippen LogP contribution in [-0.4, -0.2) is 24.8 Å². The molecule has 1 aromatic rings. The van der Waals surface area contributed by atoms with Crippen molar-refractivity contribution in [2.45, 2.75) is 44.9 Å². The van der Waals surface area contributed by atoms with Crippen LogP contribution < -0.4 is 10.6 Å². The summed E-state index contributed by atoms with van der Waals surface area (Å²) in [5, 5.41) is 0. The van der Waals surface area contributed by atoms with Crippen LogP contribution in [0, 0.1) is 11.8 Å². The van der Waals surface area contributed by atoms with E-state index in [2.05, 4.69) is 12.1 Å². The number of Topliss-reactive ketones (excluding diaryl/α,β-unsaturated/α-hetero) is 1. The fourth-order valence-electron chi connectivity index (χ4n) is 4.50. The smallest absolute Gasteiger partial charge is 0.227 e. The van der Waals surface area contributed by atoms with Crippen molar-refractivity contribution < 1.29 is 9.59 Å². The van der Waals surface area contributed by atoms with Gasteiger partial charge in [0.15, 0.2) is 5.78 Å². The molecule has 24 heavy (non-hydrogen) atoms. The first-order valence-corrected chi connectivity index (χ1v) is 8.88. The number of anilines is 1. The monoisotopic (exact) mass is 348 g/mol. The minimum Gasteiger partial charge on any atom is -0.330 e. The highest BCUT2D eigenvalue weighted by Crippen LogP contribution is 2.39. The lowest BCUT2D eigenvalue weighted by molar-refractivity contribution is -0.118. The van der Waals surface area contributed by atoms with Gasteiger partial charge in [-0.2, -0.15) is 0 Å². The van der Waals surface area contributed by atoms with Crippen LogP contribution in [0.5, 0.6) is 0 Å². The molecule has 4 nitrogen and oxygen atoms in total. The van der Waals surface area contributed by atoms with Crippen molar-refractivity contribution in [3.63, 3.8) is 0 Å². The number of carbonyl (C=O) groups excluding carboxylic acids is 2. The first-order valence-electron chi connectivity index (χ1n) is 8.88. The molecule has 130 valence electrons. The van der Waals surface area contributed by atoms with E-state index in [0.717, 1.165) is 62.9 Å². The van der Waals surface area contributed by atoms with Gasteiger partial charge in [0.1, 0.15) is 0 Å². The number of amides is 1. The molecule has 5 heteroatoms. The maximum Gasteiger partial charge on any atom is 0.227 e. The van der Waals surface area contributed by atoms with Crippen LogP contribution in [0.3, 0.4) is 0 Å². The van der Waals surface area contributed by atoms with Crippen molar-refractivity contribution in [1.29, 1.82) is 0 Å². The zero-order valence-corrected chi connectivity index (χ0v) is 14.7. The Kier molecular flexibility index (Phi) is 4.97. The molecule has 0 spiro atoms. The van der Waals surface area contributed by atoms with Gasteiger partial charge in [0.25, 0.3) is 0 Å². The Morgan fingerprint density at radius 1 is 1.08 bits per heavy atom. The molecule has 0 aromatic heterocycles. The molecule has 4 rings (SSSR count). The van der Waals surface area contributed by atoms with Gasteiger partial charge in [-0.3, -0.25) is 9.59 Å². The maximum absolute atomic E-state index is 12.9. The summed E-state index contributed by atoms with van der Waals surface area (Å²) < 4.78 is 0. The van der Waals surface area contributed by atoms with Gasteiger partial charge in [-0.05, 0) is 74.2 Å². The lowest BCUT2D eigenvalue weighted by Crippen LogP contribution is -2.33. The van der Waals surface area contributed by atoms with Gasteiger partial charge in [0.05, 0.1) is 5.69 Å². The summed E-state index contributed by atoms with van der Waals surface area (Å²) in [6.07, 6.45) is 6.33. The van der Waals surface area contributed by atoms with E-state index in [4.69, 9.17) is 5.73 Å². The van der Waals surface area contributed by atoms with Crippen LogP contribution in [-0.2, 0) is 17.6 Å². The Labute approximate surface area is 149 Å². The van der Waals surface area contributed by atoms with Crippen molar-refractivity contribution in [2.24, 2.45) is 17.6 Å². The van der Waals surface area contributed by atoms with Crippen molar-refractivity contribution in [3.8, 4) is 0 Å². The molecule has 2 N–H and O–H groups in total. The third-order valence-electron chi connectivity index (χ3n) is 5.89. The van der Waals surface area contributed by atoms with Crippen LogP contribution in [0.4, 0.5) is 5.69 Å². The Hall–Kier alpha value is -1.39. The Morgan fingerprint density at radius 3 is 2.42 bits per heavy atom. The molecule has 0 unspecified atom stereocenters. The molecule has 1 aliphatic carbocycles. The summed E-state index contributed by atoms with van der Waals surface area (Å²) in [5.74, 6) is 1.29. The second-order valence-electron chi connectivity index (χ2n) is 7.26. The minimum atomic E-state index is 0. The van der Waals surface area contributed by atoms with Crippen LogP contribution in [0.25, 0.3) is 0 Å². The van der Waals surface area contributed by atoms with E-state index in [1.807, 2.05) is 4.90 Å². The minimum absolute atomic E-state index is 0. The Bertz CT molecular complexity index is 666. The molecule has 1 aromatic carbocycles. The van der Waals surface area contributed by atoms with Gasteiger partial charge >= 0.3 is 0 Å². The number of carbonyl (C=O) groups is 2. The van der Waals surface area contributed by atoms with Gasteiger partial charge in [-0.15, -0.1) is 12.4 Å². The molecule has 0 atom stereocenters. The van der Waals surface area contributed by atoms with Crippen LogP contribution >= 0.6 is 12.4 Å². The first kappa shape index (κ1) is 17.4. The summed E-state index contributed by atoms with van der Waals surface area (Å²) in [6.45, 7) is 1.52. The topological polar surface area (TPSA) is 63.4 Å². The van der Waals surface area contributed by atoms with Crippen molar-refractivity contribution in [1.82, 2.24) is 0 Å². The number of ketones is 1. The fraction of sp³-hybridized carbons (Fsp3) is 0.579. The highest BCUT2D eigenvalue weighted by atomic mass is 35.5. The predicted octanol–water partition coefficient (Wildman–Crippen LogP) is 2.89. The molecule has 2 aliphatic heterocycles. The summed E-state index contributed by atoms with van der Waals surface area (Å²) in [5.41, 5.74) is 10.1. The lowest BCUT2D eigenvalue weighted by Gasteiger charge is -2.28. The molecule has 0 radical (unpaired) electrons. The van der Waals surface area contributed by atoms with Gasteiger partial charge in [-0.25, -0.2) is 0 Å². The fourth-order valence-corrected chi connectivity index (χ4v) is 4.50. The second-order valence-corrected chi connectivity index (χ2v) is 7.26. The third-order valence-corrected chi connectivity index (χ3v) is 5.89. The zero-order chi connectivity index (χ0) is 16.0. The Balaban J connectivity index is 0.00000169. The predicted molar refractivity (Wildman–Crippen MR) is 96.9 cm³/mol. The standard InChI is InChI=1S/C19H24N2O2.ClH/c20-11-12-1-3-13(4-2-12)19(23)16-9-14-5-6-17(22)21-8-7-15(10-16)18(14)21;/h9-10,12-13H,1-8,11,20H2;1H/t12-,13-;. The molecule has 0 bridgehead atoms. The molecule has 1 fully saturated rings. The summed E-state index contributed by atoms with van der Waals surface area (Å²) >= 11 is 0. The Morgan fingerprint density at radius 2 is 1.75 bits per heavy atom. The highest BCUT2D eigenvalue weighted by molar-refractivity contribution is 6.02. The number of nitrogens with two attached hydrogens (primary N) is 1. The van der Waals surface area contributed by atoms with Crippen molar-refractivity contribution >= 4 is 29.8 Å². The van der Waals surface area contributed by atoms with E-state index in [1.165, 1.54) is 11.1 Å². The summed E-state index contributed by atoms with van der Waals surface area (Å²) in [6, 6.07) is 4.11. The molecule has 3 aliphatic rings. The van der Waals surface area contributed by atoms with E-state index in [1.54, 1.807) is 0 Å². The van der Waals surface area contributed by atoms with E-state index in [0.29, 0.717) is 18.1 Å². The van der Waals surface area contributed by atoms with Gasteiger partial charge in [-0.1, -0.05) is 0 Å². The maximum atomic E-state index is 12.9. The van der Waals surface area contributed by atoms with E-state index in [-0.39, 0.29) is 24.2 Å². The number of hydrogen-bond donors (Lipinski definition) is 1. The van der Waals surface area contributed by atoms with E-state index in [9.17, 15) is 9.59 Å². The summed E-state index contributed by atoms with van der Waals surface area (Å²) in [7, 11) is 0. The van der Waals surface area contributed by atoms with Crippen molar-refractivity contribution in [2.75, 3.05) is 18.0 Å². The lowest BCUT2D eigenvalue weighted by atomic mass is 9.78. The number of aryl methyl sites for hydroxylation is 1. The average molecular weight is 349 g/mol. The summed E-state index contributed by atoms with van der Waals surface area (Å²) in [4.78, 5) is 26.8. The molecule has 1 amide bonds. The molecule has 2 heterocycles. The number of rotatable bonds is 3. The van der Waals surface area contributed by atoms with Crippen LogP contribution in [0.2, 0.25) is 0 Å². The first-order chi connectivity index (χ1) is 11.2. The number of halogens is 1. The number of nitrogens with zero attached hydrogens (tertiary/aromatic N) is 1. The zero-order valence-electron chi connectivity index (χ0n) is 13.9. The normalized spacial score (nSPS) is 25.2. The second kappa shape index (κ2) is 6.85. The average Bonchev–Trinajstić information content (AvgIpc) is 3.03. The molecular formula is C19H25ClN2O2. The van der Waals surface area contributed by atoms with Gasteiger partial charge < -0.3 is 10.6 Å². The quantitative estimate of drug-likeness (QED) is 0.854. The van der Waals surface area contributed by atoms with E-state index >= 15 is 0 Å². The van der Waals surface area contributed by atoms with Crippen LogP contribution in [0.15, 0.2) is 12.1 Å². The van der Waals surface area contributed by atoms with Crippen molar-refractivity contribution in [3.05, 3.63) is 28.8 Å². The van der Waals surface area contributed by atoms with Crippen LogP contribution in [0.1, 0.15) is 53.6 Å². The molecule has 0 saturated heterocycles. The van der Waals surface area contributed by atoms with E-state index < -0.39 is 0 Å². The highest BCUT2D eigenvalue weighted by Gasteiger charge is 2.33. The number of benzene rings is 1. The van der Waals surface area contributed by atoms with Gasteiger partial charge in [0, 0.05) is 24.4 Å². The SMILES string of the molecule is Cl.NC[C@H]1CC[C@H](C(=O)c2cc3c4c(c2)CCN4C(=O)CC3)CC1. The third kappa shape index (κ3) is 2.86.